The maximum Gasteiger partial charge on any atom is 0.306 e. The lowest BCUT2D eigenvalue weighted by molar-refractivity contribution is 0.289. The molecule has 0 unspecified atom stereocenters. The van der Waals surface area contributed by atoms with Crippen LogP contribution in [0.25, 0.3) is 0 Å². The molecule has 8 heteroatoms. The predicted octanol–water partition coefficient (Wildman–Crippen LogP) is 2.40. The molecule has 3 rings (SSSR count). The number of aromatic nitrogens is 2. The zero-order valence-corrected chi connectivity index (χ0v) is 16.4. The van der Waals surface area contributed by atoms with Crippen LogP contribution in [0.5, 0.6) is 5.75 Å². The van der Waals surface area contributed by atoms with Gasteiger partial charge in [0.05, 0.1) is 6.26 Å². The van der Waals surface area contributed by atoms with Crippen LogP contribution in [0.15, 0.2) is 41.8 Å². The van der Waals surface area contributed by atoms with Gasteiger partial charge in [0.15, 0.2) is 5.16 Å². The SMILES string of the molecule is CS(=O)(=O)Oc1ccc2c(c1)CCN(CCCSc1ncccn1)CC2. The molecule has 0 spiro atoms. The zero-order valence-electron chi connectivity index (χ0n) is 14.8. The smallest absolute Gasteiger partial charge is 0.306 e. The lowest BCUT2D eigenvalue weighted by atomic mass is 10.0. The first-order chi connectivity index (χ1) is 12.5. The van der Waals surface area contributed by atoms with E-state index in [4.69, 9.17) is 4.18 Å². The third-order valence-electron chi connectivity index (χ3n) is 4.21. The monoisotopic (exact) mass is 393 g/mol. The summed E-state index contributed by atoms with van der Waals surface area (Å²) in [5.41, 5.74) is 2.46. The molecule has 0 saturated heterocycles. The summed E-state index contributed by atoms with van der Waals surface area (Å²) in [6, 6.07) is 7.42. The minimum Gasteiger partial charge on any atom is -0.383 e. The molecule has 0 saturated carbocycles. The number of thioether (sulfide) groups is 1. The normalized spacial score (nSPS) is 15.3. The average molecular weight is 394 g/mol. The van der Waals surface area contributed by atoms with Crippen molar-refractivity contribution in [3.8, 4) is 5.75 Å². The molecule has 2 heterocycles. The van der Waals surface area contributed by atoms with Crippen LogP contribution in [0.1, 0.15) is 17.5 Å². The Balaban J connectivity index is 1.48. The van der Waals surface area contributed by atoms with Gasteiger partial charge in [-0.1, -0.05) is 17.8 Å². The van der Waals surface area contributed by atoms with Gasteiger partial charge in [0.2, 0.25) is 0 Å². The van der Waals surface area contributed by atoms with Crippen molar-refractivity contribution in [1.29, 1.82) is 0 Å². The van der Waals surface area contributed by atoms with Crippen molar-refractivity contribution in [2.24, 2.45) is 0 Å². The molecule has 2 aromatic rings. The van der Waals surface area contributed by atoms with Crippen LogP contribution in [0, 0.1) is 0 Å². The Morgan fingerprint density at radius 2 is 1.88 bits per heavy atom. The Morgan fingerprint density at radius 3 is 2.62 bits per heavy atom. The molecule has 0 bridgehead atoms. The maximum absolute atomic E-state index is 11.3. The molecule has 6 nitrogen and oxygen atoms in total. The van der Waals surface area contributed by atoms with Gasteiger partial charge >= 0.3 is 10.1 Å². The summed E-state index contributed by atoms with van der Waals surface area (Å²) in [6.45, 7) is 3.04. The third kappa shape index (κ3) is 5.96. The van der Waals surface area contributed by atoms with Gasteiger partial charge in [-0.2, -0.15) is 8.42 Å². The Bertz CT molecular complexity index is 829. The van der Waals surface area contributed by atoms with Crippen molar-refractivity contribution in [2.75, 3.05) is 31.6 Å². The molecule has 0 atom stereocenters. The highest BCUT2D eigenvalue weighted by Crippen LogP contribution is 2.23. The summed E-state index contributed by atoms with van der Waals surface area (Å²) in [5, 5.41) is 0.828. The molecule has 1 aliphatic heterocycles. The second-order valence-electron chi connectivity index (χ2n) is 6.29. The fourth-order valence-corrected chi connectivity index (χ4v) is 4.19. The predicted molar refractivity (Wildman–Crippen MR) is 103 cm³/mol. The lowest BCUT2D eigenvalue weighted by Crippen LogP contribution is -2.27. The Kier molecular flexibility index (Phi) is 6.50. The van der Waals surface area contributed by atoms with E-state index in [1.807, 2.05) is 18.2 Å². The van der Waals surface area contributed by atoms with E-state index >= 15 is 0 Å². The van der Waals surface area contributed by atoms with Crippen LogP contribution < -0.4 is 4.18 Å². The number of rotatable bonds is 7. The first-order valence-corrected chi connectivity index (χ1v) is 11.4. The molecule has 0 amide bonds. The molecule has 0 radical (unpaired) electrons. The van der Waals surface area contributed by atoms with Crippen LogP contribution in [-0.2, 0) is 23.0 Å². The average Bonchev–Trinajstić information content (AvgIpc) is 2.80. The summed E-state index contributed by atoms with van der Waals surface area (Å²) < 4.78 is 27.6. The first-order valence-electron chi connectivity index (χ1n) is 8.63. The van der Waals surface area contributed by atoms with Gasteiger partial charge in [0.1, 0.15) is 5.75 Å². The van der Waals surface area contributed by atoms with Gasteiger partial charge in [-0.15, -0.1) is 0 Å². The minimum absolute atomic E-state index is 0.402. The van der Waals surface area contributed by atoms with E-state index in [0.717, 1.165) is 56.1 Å². The molecule has 26 heavy (non-hydrogen) atoms. The van der Waals surface area contributed by atoms with Gasteiger partial charge in [-0.05, 0) is 55.1 Å². The number of benzene rings is 1. The van der Waals surface area contributed by atoms with Crippen molar-refractivity contribution < 1.29 is 12.6 Å². The van der Waals surface area contributed by atoms with E-state index < -0.39 is 10.1 Å². The van der Waals surface area contributed by atoms with Gasteiger partial charge in [0, 0.05) is 31.2 Å². The second-order valence-corrected chi connectivity index (χ2v) is 8.93. The van der Waals surface area contributed by atoms with Crippen LogP contribution in [0.3, 0.4) is 0 Å². The van der Waals surface area contributed by atoms with E-state index in [2.05, 4.69) is 14.9 Å². The maximum atomic E-state index is 11.3. The van der Waals surface area contributed by atoms with E-state index in [9.17, 15) is 8.42 Å². The highest BCUT2D eigenvalue weighted by molar-refractivity contribution is 7.99. The Morgan fingerprint density at radius 1 is 1.15 bits per heavy atom. The van der Waals surface area contributed by atoms with E-state index in [0.29, 0.717) is 5.75 Å². The Labute approximate surface area is 159 Å². The van der Waals surface area contributed by atoms with Crippen molar-refractivity contribution in [3.63, 3.8) is 0 Å². The van der Waals surface area contributed by atoms with Crippen molar-refractivity contribution in [3.05, 3.63) is 47.8 Å². The summed E-state index contributed by atoms with van der Waals surface area (Å²) in [5.74, 6) is 1.40. The van der Waals surface area contributed by atoms with Gasteiger partial charge < -0.3 is 9.08 Å². The summed E-state index contributed by atoms with van der Waals surface area (Å²) in [4.78, 5) is 10.9. The number of fused-ring (bicyclic) bond motifs is 1. The highest BCUT2D eigenvalue weighted by Gasteiger charge is 2.15. The van der Waals surface area contributed by atoms with Crippen molar-refractivity contribution in [1.82, 2.24) is 14.9 Å². The zero-order chi connectivity index (χ0) is 18.4. The minimum atomic E-state index is -3.48. The summed E-state index contributed by atoms with van der Waals surface area (Å²) in [7, 11) is -3.48. The molecule has 1 aromatic heterocycles. The van der Waals surface area contributed by atoms with Gasteiger partial charge in [-0.25, -0.2) is 9.97 Å². The molecule has 1 aromatic carbocycles. The van der Waals surface area contributed by atoms with Crippen LogP contribution >= 0.6 is 11.8 Å². The Hall–Kier alpha value is -1.64. The third-order valence-corrected chi connectivity index (χ3v) is 5.67. The van der Waals surface area contributed by atoms with E-state index in [-0.39, 0.29) is 0 Å². The van der Waals surface area contributed by atoms with Crippen LogP contribution in [-0.4, -0.2) is 54.9 Å². The van der Waals surface area contributed by atoms with Gasteiger partial charge in [-0.3, -0.25) is 0 Å². The van der Waals surface area contributed by atoms with Crippen LogP contribution in [0.4, 0.5) is 0 Å². The molecule has 1 aliphatic rings. The quantitative estimate of drug-likeness (QED) is 0.309. The second kappa shape index (κ2) is 8.83. The molecule has 0 aliphatic carbocycles. The summed E-state index contributed by atoms with van der Waals surface area (Å²) in [6.07, 6.45) is 7.57. The van der Waals surface area contributed by atoms with Crippen LogP contribution in [0.2, 0.25) is 0 Å². The van der Waals surface area contributed by atoms with Crippen molar-refractivity contribution >= 4 is 21.9 Å². The largest absolute Gasteiger partial charge is 0.383 e. The van der Waals surface area contributed by atoms with Gasteiger partial charge in [0.25, 0.3) is 0 Å². The summed E-state index contributed by atoms with van der Waals surface area (Å²) >= 11 is 1.69. The van der Waals surface area contributed by atoms with E-state index in [1.165, 1.54) is 11.1 Å². The topological polar surface area (TPSA) is 72.4 Å². The first kappa shape index (κ1) is 19.1. The number of hydrogen-bond acceptors (Lipinski definition) is 7. The molecule has 140 valence electrons. The molecular formula is C18H23N3O3S2. The number of nitrogens with zero attached hydrogens (tertiary/aromatic N) is 3. The highest BCUT2D eigenvalue weighted by atomic mass is 32.2. The molecule has 0 N–H and O–H groups in total. The molecule has 0 fully saturated rings. The number of hydrogen-bond donors (Lipinski definition) is 0. The fourth-order valence-electron chi connectivity index (χ4n) is 3.01. The fraction of sp³-hybridized carbons (Fsp3) is 0.444. The lowest BCUT2D eigenvalue weighted by Gasteiger charge is -2.19. The molecular weight excluding hydrogens is 370 g/mol. The van der Waals surface area contributed by atoms with E-state index in [1.54, 1.807) is 30.2 Å². The standard InChI is InChI=1S/C18H23N3O3S2/c1-26(22,23)24-17-5-4-15-6-11-21(12-7-16(15)14-17)10-3-13-25-18-19-8-2-9-20-18/h2,4-5,8-9,14H,3,6-7,10-13H2,1H3. The van der Waals surface area contributed by atoms with Crippen molar-refractivity contribution in [2.45, 2.75) is 24.4 Å².